The van der Waals surface area contributed by atoms with Gasteiger partial charge in [0.05, 0.1) is 0 Å². The smallest absolute Gasteiger partial charge is 0.164 e. The first-order valence-corrected chi connectivity index (χ1v) is 18.6. The first-order valence-electron chi connectivity index (χ1n) is 17.8. The Morgan fingerprint density at radius 1 is 0.283 bits per heavy atom. The van der Waals surface area contributed by atoms with Crippen molar-refractivity contribution in [2.75, 3.05) is 0 Å². The minimum Gasteiger partial charge on any atom is -0.208 e. The van der Waals surface area contributed by atoms with Gasteiger partial charge >= 0.3 is 0 Å². The highest BCUT2D eigenvalue weighted by Crippen LogP contribution is 2.40. The van der Waals surface area contributed by atoms with E-state index in [4.69, 9.17) is 15.0 Å². The molecule has 0 unspecified atom stereocenters. The van der Waals surface area contributed by atoms with Crippen molar-refractivity contribution in [1.82, 2.24) is 15.0 Å². The average Bonchev–Trinajstić information content (AvgIpc) is 3.63. The fourth-order valence-corrected chi connectivity index (χ4v) is 8.59. The number of nitrogens with zero attached hydrogens (tertiary/aromatic N) is 3. The monoisotopic (exact) mass is 693 g/mol. The quantitative estimate of drug-likeness (QED) is 0.174. The Kier molecular flexibility index (Phi) is 7.67. The normalized spacial score (nSPS) is 11.4. The van der Waals surface area contributed by atoms with Gasteiger partial charge in [0, 0.05) is 36.9 Å². The summed E-state index contributed by atoms with van der Waals surface area (Å²) in [7, 11) is 0. The van der Waals surface area contributed by atoms with Gasteiger partial charge in [-0.1, -0.05) is 182 Å². The van der Waals surface area contributed by atoms with Crippen molar-refractivity contribution in [3.8, 4) is 67.5 Å². The third-order valence-corrected chi connectivity index (χ3v) is 11.2. The van der Waals surface area contributed by atoms with Crippen molar-refractivity contribution in [2.24, 2.45) is 0 Å². The molecule has 0 fully saturated rings. The molecule has 2 aromatic heterocycles. The second-order valence-corrected chi connectivity index (χ2v) is 14.2. The lowest BCUT2D eigenvalue weighted by molar-refractivity contribution is 1.07. The maximum absolute atomic E-state index is 5.15. The molecule has 0 amide bonds. The van der Waals surface area contributed by atoms with Gasteiger partial charge in [0.2, 0.25) is 0 Å². The van der Waals surface area contributed by atoms with E-state index in [1.807, 2.05) is 29.5 Å². The van der Waals surface area contributed by atoms with Gasteiger partial charge in [-0.05, 0) is 50.2 Å². The zero-order valence-electron chi connectivity index (χ0n) is 28.6. The van der Waals surface area contributed by atoms with Crippen molar-refractivity contribution in [3.05, 3.63) is 188 Å². The van der Waals surface area contributed by atoms with Crippen molar-refractivity contribution in [3.63, 3.8) is 0 Å². The van der Waals surface area contributed by atoms with Gasteiger partial charge < -0.3 is 0 Å². The summed E-state index contributed by atoms with van der Waals surface area (Å²) in [6.45, 7) is 0. The number of aromatic nitrogens is 3. The van der Waals surface area contributed by atoms with E-state index in [0.29, 0.717) is 17.5 Å². The average molecular weight is 694 g/mol. The molecule has 4 heteroatoms. The van der Waals surface area contributed by atoms with Crippen molar-refractivity contribution >= 4 is 42.3 Å². The summed E-state index contributed by atoms with van der Waals surface area (Å²) >= 11 is 1.85. The van der Waals surface area contributed by atoms with E-state index < -0.39 is 0 Å². The molecule has 3 nitrogen and oxygen atoms in total. The Bertz CT molecular complexity index is 2920. The van der Waals surface area contributed by atoms with Gasteiger partial charge in [-0.15, -0.1) is 11.3 Å². The number of thiophene rings is 1. The van der Waals surface area contributed by atoms with Gasteiger partial charge in [-0.3, -0.25) is 0 Å². The number of rotatable bonds is 6. The molecule has 0 aliphatic heterocycles. The van der Waals surface area contributed by atoms with E-state index in [0.717, 1.165) is 27.8 Å². The van der Waals surface area contributed by atoms with Crippen molar-refractivity contribution < 1.29 is 0 Å². The number of hydrogen-bond acceptors (Lipinski definition) is 4. The van der Waals surface area contributed by atoms with Crippen LogP contribution in [0.5, 0.6) is 0 Å². The van der Waals surface area contributed by atoms with Crippen molar-refractivity contribution in [2.45, 2.75) is 0 Å². The first kappa shape index (κ1) is 31.0. The van der Waals surface area contributed by atoms with Gasteiger partial charge in [0.15, 0.2) is 17.5 Å². The van der Waals surface area contributed by atoms with Crippen LogP contribution in [0.25, 0.3) is 98.5 Å². The lowest BCUT2D eigenvalue weighted by Crippen LogP contribution is -2.01. The zero-order chi connectivity index (χ0) is 35.1. The van der Waals surface area contributed by atoms with E-state index in [1.165, 1.54) is 53.2 Å². The van der Waals surface area contributed by atoms with Crippen LogP contribution in [0.2, 0.25) is 0 Å². The molecule has 53 heavy (non-hydrogen) atoms. The van der Waals surface area contributed by atoms with Crippen LogP contribution in [-0.2, 0) is 0 Å². The Morgan fingerprint density at radius 3 is 1.53 bits per heavy atom. The molecule has 10 rings (SSSR count). The van der Waals surface area contributed by atoms with Crippen LogP contribution in [0.1, 0.15) is 0 Å². The maximum Gasteiger partial charge on any atom is 0.164 e. The molecule has 248 valence electrons. The van der Waals surface area contributed by atoms with E-state index >= 15 is 0 Å². The molecule has 0 N–H and O–H groups in total. The van der Waals surface area contributed by atoms with Crippen LogP contribution in [0, 0.1) is 0 Å². The predicted molar refractivity (Wildman–Crippen MR) is 223 cm³/mol. The van der Waals surface area contributed by atoms with Gasteiger partial charge in [-0.2, -0.15) is 0 Å². The summed E-state index contributed by atoms with van der Waals surface area (Å²) < 4.78 is 2.61. The molecule has 0 aliphatic carbocycles. The molecular formula is C49H31N3S. The Morgan fingerprint density at radius 2 is 0.755 bits per heavy atom. The van der Waals surface area contributed by atoms with Crippen LogP contribution in [0.4, 0.5) is 0 Å². The summed E-state index contributed by atoms with van der Waals surface area (Å²) in [5, 5.41) is 5.09. The molecule has 10 aromatic rings. The fraction of sp³-hybridized carbons (Fsp3) is 0. The first-order chi connectivity index (χ1) is 26.3. The highest BCUT2D eigenvalue weighted by atomic mass is 32.1. The molecule has 0 aliphatic rings. The minimum atomic E-state index is 0.640. The molecule has 0 bridgehead atoms. The summed E-state index contributed by atoms with van der Waals surface area (Å²) in [5.74, 6) is 1.93. The summed E-state index contributed by atoms with van der Waals surface area (Å²) in [4.78, 5) is 15.3. The summed E-state index contributed by atoms with van der Waals surface area (Å²) in [6, 6.07) is 66.3. The Balaban J connectivity index is 1.05. The maximum atomic E-state index is 5.15. The highest BCUT2D eigenvalue weighted by Gasteiger charge is 2.17. The molecule has 0 saturated carbocycles. The summed E-state index contributed by atoms with van der Waals surface area (Å²) in [5.41, 5.74) is 9.83. The molecule has 0 spiro atoms. The molecule has 8 aromatic carbocycles. The Hall–Kier alpha value is -6.75. The molecule has 0 atom stereocenters. The zero-order valence-corrected chi connectivity index (χ0v) is 29.5. The van der Waals surface area contributed by atoms with Crippen molar-refractivity contribution in [1.29, 1.82) is 0 Å². The van der Waals surface area contributed by atoms with Crippen LogP contribution in [0.15, 0.2) is 188 Å². The van der Waals surface area contributed by atoms with E-state index in [2.05, 4.69) is 170 Å². The third kappa shape index (κ3) is 5.66. The number of fused-ring (bicyclic) bond motifs is 4. The van der Waals surface area contributed by atoms with Gasteiger partial charge in [-0.25, -0.2) is 15.0 Å². The van der Waals surface area contributed by atoms with Crippen LogP contribution in [0.3, 0.4) is 0 Å². The lowest BCUT2D eigenvalue weighted by Gasteiger charge is -2.13. The lowest BCUT2D eigenvalue weighted by atomic mass is 9.94. The molecular weight excluding hydrogens is 663 g/mol. The van der Waals surface area contributed by atoms with Crippen LogP contribution >= 0.6 is 11.3 Å². The largest absolute Gasteiger partial charge is 0.208 e. The second-order valence-electron chi connectivity index (χ2n) is 13.2. The highest BCUT2D eigenvalue weighted by molar-refractivity contribution is 7.26. The van der Waals surface area contributed by atoms with E-state index in [-0.39, 0.29) is 0 Å². The second kappa shape index (κ2) is 13.1. The Labute approximate surface area is 311 Å². The van der Waals surface area contributed by atoms with E-state index in [9.17, 15) is 0 Å². The third-order valence-electron chi connectivity index (χ3n) is 9.99. The van der Waals surface area contributed by atoms with Gasteiger partial charge in [0.25, 0.3) is 0 Å². The van der Waals surface area contributed by atoms with Crippen LogP contribution < -0.4 is 0 Å². The van der Waals surface area contributed by atoms with Gasteiger partial charge in [0.1, 0.15) is 0 Å². The molecule has 0 radical (unpaired) electrons. The predicted octanol–water partition coefficient (Wildman–Crippen LogP) is 13.4. The minimum absolute atomic E-state index is 0.640. The SMILES string of the molecule is c1ccc(-c2nc(-c3ccc(-c4cccc5c4sc4ccccc45)cc3)nc(-c3ccccc3-c3ccc(-c4cccc5ccccc45)cc3)n2)cc1. The molecule has 2 heterocycles. The number of hydrogen-bond donors (Lipinski definition) is 0. The molecule has 0 saturated heterocycles. The van der Waals surface area contributed by atoms with E-state index in [1.54, 1.807) is 0 Å². The van der Waals surface area contributed by atoms with Crippen LogP contribution in [-0.4, -0.2) is 15.0 Å². The topological polar surface area (TPSA) is 38.7 Å². The standard InChI is InChI=1S/C49H31N3S/c1-2-13-36(14-3-1)47-50-48(37-30-28-35(29-31-37)41-21-11-22-43-42-18-8-9-23-45(42)53-46(41)43)52-49(51-47)44-19-7-6-17-40(44)34-26-24-33(25-27-34)39-20-10-15-32-12-4-5-16-38(32)39/h1-31H. The number of benzene rings is 8. The summed E-state index contributed by atoms with van der Waals surface area (Å²) in [6.07, 6.45) is 0. The fourth-order valence-electron chi connectivity index (χ4n) is 7.35.